The summed E-state index contributed by atoms with van der Waals surface area (Å²) >= 11 is 1.66. The summed E-state index contributed by atoms with van der Waals surface area (Å²) < 4.78 is 2.22. The maximum Gasteiger partial charge on any atom is 0.227 e. The van der Waals surface area contributed by atoms with Gasteiger partial charge in [0, 0.05) is 36.2 Å². The lowest BCUT2D eigenvalue weighted by Crippen LogP contribution is -2.19. The van der Waals surface area contributed by atoms with Gasteiger partial charge in [0.15, 0.2) is 0 Å². The Labute approximate surface area is 169 Å². The molecule has 3 aromatic rings. The zero-order valence-corrected chi connectivity index (χ0v) is 16.3. The lowest BCUT2D eigenvalue weighted by atomic mass is 10.0. The van der Waals surface area contributed by atoms with Crippen LogP contribution in [0.1, 0.15) is 12.0 Å². The number of nitrogens with one attached hydrogen (secondary N) is 2. The van der Waals surface area contributed by atoms with Crippen molar-refractivity contribution in [2.45, 2.75) is 17.7 Å². The molecule has 140 valence electrons. The Balaban J connectivity index is 1.48. The van der Waals surface area contributed by atoms with Crippen LogP contribution in [0.3, 0.4) is 0 Å². The van der Waals surface area contributed by atoms with Crippen molar-refractivity contribution in [2.24, 2.45) is 0 Å². The molecule has 0 unspecified atom stereocenters. The maximum absolute atomic E-state index is 4.84. The van der Waals surface area contributed by atoms with Gasteiger partial charge >= 0.3 is 0 Å². The molecular weight excluding hydrogens is 366 g/mol. The minimum atomic E-state index is 0.613. The van der Waals surface area contributed by atoms with Crippen molar-refractivity contribution in [1.82, 2.24) is 9.97 Å². The van der Waals surface area contributed by atoms with E-state index >= 15 is 0 Å². The maximum atomic E-state index is 4.84. The Bertz CT molecular complexity index is 1050. The van der Waals surface area contributed by atoms with Gasteiger partial charge in [-0.25, -0.2) is 9.97 Å². The second-order valence-corrected chi connectivity index (χ2v) is 7.96. The second-order valence-electron chi connectivity index (χ2n) is 6.89. The number of nitrogens with zero attached hydrogens (tertiary/aromatic N) is 3. The molecule has 5 nitrogen and oxygen atoms in total. The number of hydrogen-bond acceptors (Lipinski definition) is 6. The third kappa shape index (κ3) is 3.10. The van der Waals surface area contributed by atoms with Gasteiger partial charge in [0.1, 0.15) is 0 Å². The highest BCUT2D eigenvalue weighted by molar-refractivity contribution is 8.00. The van der Waals surface area contributed by atoms with E-state index in [4.69, 9.17) is 4.98 Å². The fourth-order valence-corrected chi connectivity index (χ4v) is 4.69. The predicted molar refractivity (Wildman–Crippen MR) is 117 cm³/mol. The van der Waals surface area contributed by atoms with Crippen LogP contribution in [0.5, 0.6) is 0 Å². The minimum absolute atomic E-state index is 0.613. The largest absolute Gasteiger partial charge is 0.385 e. The average Bonchev–Trinajstić information content (AvgIpc) is 2.74. The number of benzene rings is 2. The molecule has 0 amide bonds. The van der Waals surface area contributed by atoms with Crippen molar-refractivity contribution in [2.75, 3.05) is 28.0 Å². The summed E-state index contributed by atoms with van der Waals surface area (Å²) in [5.74, 6) is 0.613. The van der Waals surface area contributed by atoms with Crippen molar-refractivity contribution in [1.29, 1.82) is 0 Å². The summed E-state index contributed by atoms with van der Waals surface area (Å²) in [5, 5.41) is 6.84. The summed E-state index contributed by atoms with van der Waals surface area (Å²) in [7, 11) is 0. The normalized spacial score (nSPS) is 14.4. The van der Waals surface area contributed by atoms with E-state index in [-0.39, 0.29) is 0 Å². The molecule has 2 aliphatic heterocycles. The Morgan fingerprint density at radius 2 is 2.18 bits per heavy atom. The number of aromatic nitrogens is 2. The zero-order valence-electron chi connectivity index (χ0n) is 15.5. The van der Waals surface area contributed by atoms with Gasteiger partial charge in [-0.05, 0) is 48.6 Å². The Morgan fingerprint density at radius 1 is 1.25 bits per heavy atom. The molecule has 1 aromatic heterocycles. The first-order chi connectivity index (χ1) is 13.8. The quantitative estimate of drug-likeness (QED) is 0.470. The number of rotatable bonds is 4. The summed E-state index contributed by atoms with van der Waals surface area (Å²) in [5.41, 5.74) is 6.82. The fraction of sp³-hybridized carbons (Fsp3) is 0.182. The van der Waals surface area contributed by atoms with Crippen LogP contribution in [0.4, 0.5) is 23.0 Å². The molecule has 2 aromatic carbocycles. The van der Waals surface area contributed by atoms with E-state index in [2.05, 4.69) is 69.0 Å². The van der Waals surface area contributed by atoms with Gasteiger partial charge in [-0.3, -0.25) is 0 Å². The molecule has 2 N–H and O–H groups in total. The van der Waals surface area contributed by atoms with E-state index in [1.807, 2.05) is 12.3 Å². The first-order valence-electron chi connectivity index (χ1n) is 9.48. The van der Waals surface area contributed by atoms with Crippen molar-refractivity contribution in [3.05, 3.63) is 66.9 Å². The molecule has 5 rings (SSSR count). The molecule has 0 spiro atoms. The molecule has 0 radical (unpaired) electrons. The highest BCUT2D eigenvalue weighted by Gasteiger charge is 2.24. The summed E-state index contributed by atoms with van der Waals surface area (Å²) in [6.45, 7) is 5.67. The second kappa shape index (κ2) is 7.20. The molecule has 0 atom stereocenters. The van der Waals surface area contributed by atoms with E-state index in [1.54, 1.807) is 11.9 Å². The SMILES string of the molecule is C=CCN1Sc2cnc(Nc3ccc4c(c3)NCCC4)nc2-c2ccccc21. The summed E-state index contributed by atoms with van der Waals surface area (Å²) in [6, 6.07) is 14.8. The molecule has 28 heavy (non-hydrogen) atoms. The van der Waals surface area contributed by atoms with E-state index in [9.17, 15) is 0 Å². The van der Waals surface area contributed by atoms with E-state index in [0.29, 0.717) is 5.95 Å². The fourth-order valence-electron chi connectivity index (χ4n) is 3.67. The van der Waals surface area contributed by atoms with E-state index in [0.717, 1.165) is 47.0 Å². The number of aryl methyl sites for hydroxylation is 1. The Hall–Kier alpha value is -2.99. The molecule has 2 aliphatic rings. The highest BCUT2D eigenvalue weighted by Crippen LogP contribution is 2.45. The highest BCUT2D eigenvalue weighted by atomic mass is 32.2. The van der Waals surface area contributed by atoms with E-state index in [1.165, 1.54) is 17.7 Å². The van der Waals surface area contributed by atoms with Crippen LogP contribution in [0.25, 0.3) is 11.3 Å². The third-order valence-corrected chi connectivity index (χ3v) is 6.05. The summed E-state index contributed by atoms with van der Waals surface area (Å²) in [6.07, 6.45) is 6.13. The van der Waals surface area contributed by atoms with Gasteiger partial charge < -0.3 is 14.9 Å². The molecule has 0 aliphatic carbocycles. The van der Waals surface area contributed by atoms with Gasteiger partial charge in [-0.2, -0.15) is 0 Å². The number of hydrogen-bond donors (Lipinski definition) is 2. The summed E-state index contributed by atoms with van der Waals surface area (Å²) in [4.78, 5) is 10.4. The standard InChI is InChI=1S/C22H21N5S/c1-2-12-27-19-8-4-3-7-17(19)21-20(28-27)14-24-22(26-21)25-16-10-9-15-6-5-11-23-18(15)13-16/h2-4,7-10,13-14,23H,1,5-6,11-12H2,(H,24,25,26). The van der Waals surface area contributed by atoms with Gasteiger partial charge in [0.2, 0.25) is 5.95 Å². The lowest BCUT2D eigenvalue weighted by molar-refractivity contribution is 0.830. The van der Waals surface area contributed by atoms with Crippen molar-refractivity contribution >= 4 is 35.0 Å². The van der Waals surface area contributed by atoms with Crippen LogP contribution in [-0.2, 0) is 6.42 Å². The first kappa shape index (κ1) is 17.1. The van der Waals surface area contributed by atoms with Gasteiger partial charge in [0.25, 0.3) is 0 Å². The molecule has 0 bridgehead atoms. The van der Waals surface area contributed by atoms with Crippen LogP contribution in [0, 0.1) is 0 Å². The van der Waals surface area contributed by atoms with Crippen LogP contribution in [-0.4, -0.2) is 23.1 Å². The molecular formula is C22H21N5S. The topological polar surface area (TPSA) is 53.1 Å². The molecule has 3 heterocycles. The van der Waals surface area contributed by atoms with Crippen LogP contribution < -0.4 is 14.9 Å². The number of anilines is 4. The average molecular weight is 388 g/mol. The Kier molecular flexibility index (Phi) is 4.41. The molecule has 0 fully saturated rings. The van der Waals surface area contributed by atoms with Crippen molar-refractivity contribution in [3.8, 4) is 11.3 Å². The van der Waals surface area contributed by atoms with Gasteiger partial charge in [0.05, 0.1) is 16.3 Å². The Morgan fingerprint density at radius 3 is 3.11 bits per heavy atom. The molecule has 6 heteroatoms. The first-order valence-corrected chi connectivity index (χ1v) is 10.3. The number of fused-ring (bicyclic) bond motifs is 4. The predicted octanol–water partition coefficient (Wildman–Crippen LogP) is 5.26. The van der Waals surface area contributed by atoms with Crippen LogP contribution in [0.2, 0.25) is 0 Å². The smallest absolute Gasteiger partial charge is 0.227 e. The van der Waals surface area contributed by atoms with Crippen molar-refractivity contribution in [3.63, 3.8) is 0 Å². The number of para-hydroxylation sites is 1. The van der Waals surface area contributed by atoms with E-state index < -0.39 is 0 Å². The van der Waals surface area contributed by atoms with Crippen LogP contribution >= 0.6 is 11.9 Å². The van der Waals surface area contributed by atoms with Gasteiger partial charge in [-0.1, -0.05) is 30.3 Å². The zero-order chi connectivity index (χ0) is 18.9. The third-order valence-electron chi connectivity index (χ3n) is 4.99. The molecule has 0 saturated heterocycles. The molecule has 0 saturated carbocycles. The van der Waals surface area contributed by atoms with Crippen LogP contribution in [0.15, 0.2) is 66.2 Å². The minimum Gasteiger partial charge on any atom is -0.385 e. The lowest BCUT2D eigenvalue weighted by Gasteiger charge is -2.29. The van der Waals surface area contributed by atoms with Crippen molar-refractivity contribution < 1.29 is 0 Å². The monoisotopic (exact) mass is 387 g/mol. The van der Waals surface area contributed by atoms with Gasteiger partial charge in [-0.15, -0.1) is 6.58 Å².